The number of hydrazine groups is 1. The van der Waals surface area contributed by atoms with E-state index in [0.29, 0.717) is 11.3 Å². The smallest absolute Gasteiger partial charge is 0.264 e. The fourth-order valence-electron chi connectivity index (χ4n) is 5.95. The van der Waals surface area contributed by atoms with Crippen LogP contribution < -0.4 is 10.9 Å². The molecule has 0 unspecified atom stereocenters. The van der Waals surface area contributed by atoms with Gasteiger partial charge in [-0.25, -0.2) is 0 Å². The van der Waals surface area contributed by atoms with Gasteiger partial charge < -0.3 is 4.90 Å². The van der Waals surface area contributed by atoms with Gasteiger partial charge in [0.15, 0.2) is 0 Å². The van der Waals surface area contributed by atoms with Crippen molar-refractivity contribution in [1.29, 1.82) is 0 Å². The summed E-state index contributed by atoms with van der Waals surface area (Å²) in [5.74, 6) is 1.71. The van der Waals surface area contributed by atoms with Gasteiger partial charge in [0.1, 0.15) is 6.54 Å². The molecule has 1 heterocycles. The first-order valence-corrected chi connectivity index (χ1v) is 10.7. The van der Waals surface area contributed by atoms with E-state index in [2.05, 4.69) is 10.9 Å². The molecule has 4 saturated carbocycles. The number of nitrogens with zero attached hydrogens (tertiary/aromatic N) is 1. The summed E-state index contributed by atoms with van der Waals surface area (Å²) < 4.78 is 0. The molecule has 0 saturated heterocycles. The fraction of sp³-hybridized carbons (Fsp3) is 0.650. The number of rotatable bonds is 5. The van der Waals surface area contributed by atoms with Gasteiger partial charge in [-0.1, -0.05) is 6.07 Å². The number of nitrogens with one attached hydrogen (secondary N) is 2. The Morgan fingerprint density at radius 1 is 1.07 bits per heavy atom. The largest absolute Gasteiger partial charge is 0.332 e. The molecule has 2 N–H and O–H groups in total. The van der Waals surface area contributed by atoms with Crippen LogP contribution in [0.4, 0.5) is 0 Å². The van der Waals surface area contributed by atoms with Crippen molar-refractivity contribution in [1.82, 2.24) is 15.8 Å². The van der Waals surface area contributed by atoms with E-state index in [1.165, 1.54) is 54.8 Å². The zero-order chi connectivity index (χ0) is 19.0. The third kappa shape index (κ3) is 4.03. The first-order valence-electron chi connectivity index (χ1n) is 9.79. The van der Waals surface area contributed by atoms with Gasteiger partial charge in [-0.15, -0.1) is 11.3 Å². The summed E-state index contributed by atoms with van der Waals surface area (Å²) >= 11 is 1.34. The molecule has 1 aromatic heterocycles. The second-order valence-corrected chi connectivity index (χ2v) is 9.78. The van der Waals surface area contributed by atoms with E-state index in [4.69, 9.17) is 0 Å². The van der Waals surface area contributed by atoms with E-state index >= 15 is 0 Å². The van der Waals surface area contributed by atoms with E-state index in [-0.39, 0.29) is 29.7 Å². The summed E-state index contributed by atoms with van der Waals surface area (Å²) in [5, 5.41) is 1.83. The Morgan fingerprint density at radius 3 is 2.22 bits per heavy atom. The minimum atomic E-state index is -0.388. The Kier molecular flexibility index (Phi) is 4.97. The van der Waals surface area contributed by atoms with Crippen LogP contribution in [-0.2, 0) is 9.59 Å². The molecule has 3 amide bonds. The van der Waals surface area contributed by atoms with Crippen molar-refractivity contribution < 1.29 is 14.4 Å². The predicted octanol–water partition coefficient (Wildman–Crippen LogP) is 2.57. The predicted molar refractivity (Wildman–Crippen MR) is 103 cm³/mol. The van der Waals surface area contributed by atoms with Gasteiger partial charge >= 0.3 is 0 Å². The molecule has 7 heteroatoms. The highest BCUT2D eigenvalue weighted by Gasteiger charge is 2.51. The number of amides is 3. The monoisotopic (exact) mass is 389 g/mol. The Labute approximate surface area is 163 Å². The molecule has 0 atom stereocenters. The molecule has 4 bridgehead atoms. The van der Waals surface area contributed by atoms with E-state index in [0.717, 1.165) is 17.8 Å². The van der Waals surface area contributed by atoms with E-state index in [1.807, 2.05) is 5.38 Å². The first-order chi connectivity index (χ1) is 12.9. The molecule has 0 aromatic carbocycles. The van der Waals surface area contributed by atoms with Crippen molar-refractivity contribution in [2.75, 3.05) is 13.6 Å². The standard InChI is InChI=1S/C20H27N3O3S/c1-23(19(26)16-3-2-4-27-16)12-18(25)22-21-17(24)11-20-8-13-5-14(9-20)7-15(6-13)10-20/h2-4,13-15H,5-12H2,1H3,(H,21,24)(H,22,25). The minimum absolute atomic E-state index is 0.0889. The maximum Gasteiger partial charge on any atom is 0.264 e. The van der Waals surface area contributed by atoms with Gasteiger partial charge in [-0.3, -0.25) is 25.2 Å². The van der Waals surface area contributed by atoms with Crippen molar-refractivity contribution in [3.63, 3.8) is 0 Å². The molecule has 1 aromatic rings. The van der Waals surface area contributed by atoms with Crippen LogP contribution in [-0.4, -0.2) is 36.2 Å². The Balaban J connectivity index is 1.23. The van der Waals surface area contributed by atoms with Crippen LogP contribution >= 0.6 is 11.3 Å². The number of hydrogen-bond donors (Lipinski definition) is 2. The molecule has 4 aliphatic rings. The zero-order valence-electron chi connectivity index (χ0n) is 15.7. The lowest BCUT2D eigenvalue weighted by Crippen LogP contribution is -2.51. The number of carbonyl (C=O) groups is 3. The van der Waals surface area contributed by atoms with Crippen LogP contribution in [0.1, 0.15) is 54.6 Å². The van der Waals surface area contributed by atoms with Crippen molar-refractivity contribution in [3.05, 3.63) is 22.4 Å². The van der Waals surface area contributed by atoms with Gasteiger partial charge in [0.2, 0.25) is 5.91 Å². The molecular formula is C20H27N3O3S. The van der Waals surface area contributed by atoms with E-state index in [9.17, 15) is 14.4 Å². The third-order valence-electron chi connectivity index (χ3n) is 6.50. The Morgan fingerprint density at radius 2 is 1.67 bits per heavy atom. The van der Waals surface area contributed by atoms with Crippen molar-refractivity contribution in [2.45, 2.75) is 44.9 Å². The van der Waals surface area contributed by atoms with E-state index < -0.39 is 0 Å². The van der Waals surface area contributed by atoms with Crippen LogP contribution in [0.2, 0.25) is 0 Å². The zero-order valence-corrected chi connectivity index (χ0v) is 16.5. The SMILES string of the molecule is CN(CC(=O)NNC(=O)CC12CC3CC(CC(C3)C1)C2)C(=O)c1cccs1. The maximum atomic E-state index is 12.4. The Hall–Kier alpha value is -1.89. The molecule has 4 fully saturated rings. The van der Waals surface area contributed by atoms with Gasteiger partial charge in [-0.05, 0) is 73.1 Å². The van der Waals surface area contributed by atoms with Crippen LogP contribution in [0, 0.1) is 23.2 Å². The van der Waals surface area contributed by atoms with Crippen molar-refractivity contribution in [3.8, 4) is 0 Å². The molecular weight excluding hydrogens is 362 g/mol. The van der Waals surface area contributed by atoms with Crippen LogP contribution in [0.5, 0.6) is 0 Å². The van der Waals surface area contributed by atoms with Gasteiger partial charge in [0, 0.05) is 13.5 Å². The summed E-state index contributed by atoms with van der Waals surface area (Å²) in [6.45, 7) is -0.0889. The van der Waals surface area contributed by atoms with Crippen LogP contribution in [0.25, 0.3) is 0 Å². The summed E-state index contributed by atoms with van der Waals surface area (Å²) in [5.41, 5.74) is 5.18. The molecule has 0 radical (unpaired) electrons. The number of hydrogen-bond acceptors (Lipinski definition) is 4. The highest BCUT2D eigenvalue weighted by atomic mass is 32.1. The second kappa shape index (κ2) is 7.26. The molecule has 27 heavy (non-hydrogen) atoms. The van der Waals surface area contributed by atoms with Crippen molar-refractivity contribution >= 4 is 29.1 Å². The lowest BCUT2D eigenvalue weighted by Gasteiger charge is -2.56. The maximum absolute atomic E-state index is 12.4. The topological polar surface area (TPSA) is 78.5 Å². The number of likely N-dealkylation sites (N-methyl/N-ethyl adjacent to an activating group) is 1. The summed E-state index contributed by atoms with van der Waals surface area (Å²) in [6.07, 6.45) is 8.04. The van der Waals surface area contributed by atoms with E-state index in [1.54, 1.807) is 19.2 Å². The average Bonchev–Trinajstić information content (AvgIpc) is 3.12. The molecule has 146 valence electrons. The van der Waals surface area contributed by atoms with Crippen LogP contribution in [0.3, 0.4) is 0 Å². The fourth-order valence-corrected chi connectivity index (χ4v) is 6.66. The van der Waals surface area contributed by atoms with Gasteiger partial charge in [0.05, 0.1) is 4.88 Å². The third-order valence-corrected chi connectivity index (χ3v) is 7.36. The number of carbonyl (C=O) groups excluding carboxylic acids is 3. The highest BCUT2D eigenvalue weighted by molar-refractivity contribution is 7.12. The second-order valence-electron chi connectivity index (χ2n) is 8.83. The van der Waals surface area contributed by atoms with Gasteiger partial charge in [0.25, 0.3) is 11.8 Å². The normalized spacial score (nSPS) is 30.8. The lowest BCUT2D eigenvalue weighted by atomic mass is 9.49. The van der Waals surface area contributed by atoms with Gasteiger partial charge in [-0.2, -0.15) is 0 Å². The lowest BCUT2D eigenvalue weighted by molar-refractivity contribution is -0.134. The molecule has 0 spiro atoms. The molecule has 4 aliphatic carbocycles. The molecule has 5 rings (SSSR count). The first kappa shape index (κ1) is 18.5. The summed E-state index contributed by atoms with van der Waals surface area (Å²) in [6, 6.07) is 3.53. The summed E-state index contributed by atoms with van der Waals surface area (Å²) in [7, 11) is 1.58. The van der Waals surface area contributed by atoms with Crippen LogP contribution in [0.15, 0.2) is 17.5 Å². The molecule has 0 aliphatic heterocycles. The minimum Gasteiger partial charge on any atom is -0.332 e. The Bertz CT molecular complexity index is 696. The van der Waals surface area contributed by atoms with Crippen molar-refractivity contribution in [2.24, 2.45) is 23.2 Å². The summed E-state index contributed by atoms with van der Waals surface area (Å²) in [4.78, 5) is 38.6. The average molecular weight is 390 g/mol. The number of thiophene rings is 1. The highest BCUT2D eigenvalue weighted by Crippen LogP contribution is 2.61. The quantitative estimate of drug-likeness (QED) is 0.760. The molecule has 6 nitrogen and oxygen atoms in total.